The molecule has 13 heavy (non-hydrogen) atoms. The Morgan fingerprint density at radius 1 is 1.15 bits per heavy atom. The second-order valence-corrected chi connectivity index (χ2v) is 3.39. The summed E-state index contributed by atoms with van der Waals surface area (Å²) in [5.74, 6) is 0. The number of unbranched alkanes of at least 4 members (excludes halogenated alkanes) is 1. The first-order valence-electron chi connectivity index (χ1n) is 4.84. The minimum absolute atomic E-state index is 0.128. The molecule has 1 nitrogen and oxygen atoms in total. The zero-order chi connectivity index (χ0) is 9.68. The SMILES string of the molecule is CCCCc1ccc(C)c(=O)cc1. The molecule has 0 atom stereocenters. The highest BCUT2D eigenvalue weighted by Gasteiger charge is 1.92. The molecule has 0 saturated carbocycles. The maximum atomic E-state index is 11.2. The Morgan fingerprint density at radius 3 is 2.54 bits per heavy atom. The lowest BCUT2D eigenvalue weighted by Gasteiger charge is -1.93. The molecule has 1 aromatic rings. The average molecular weight is 176 g/mol. The predicted molar refractivity (Wildman–Crippen MR) is 56.1 cm³/mol. The van der Waals surface area contributed by atoms with Crippen LogP contribution in [0.25, 0.3) is 0 Å². The van der Waals surface area contributed by atoms with Gasteiger partial charge in [0.2, 0.25) is 0 Å². The molecule has 0 heterocycles. The summed E-state index contributed by atoms with van der Waals surface area (Å²) in [5, 5.41) is 0. The van der Waals surface area contributed by atoms with Crippen LogP contribution < -0.4 is 5.43 Å². The standard InChI is InChI=1S/C12H16O/c1-3-4-5-11-7-6-10(2)12(13)9-8-11/h6-9H,3-5H2,1-2H3. The Bertz CT molecular complexity index is 328. The van der Waals surface area contributed by atoms with E-state index < -0.39 is 0 Å². The molecule has 0 N–H and O–H groups in total. The first kappa shape index (κ1) is 9.97. The topological polar surface area (TPSA) is 17.1 Å². The number of rotatable bonds is 3. The van der Waals surface area contributed by atoms with E-state index >= 15 is 0 Å². The molecule has 0 aliphatic heterocycles. The number of hydrogen-bond acceptors (Lipinski definition) is 1. The monoisotopic (exact) mass is 176 g/mol. The van der Waals surface area contributed by atoms with Gasteiger partial charge in [0.15, 0.2) is 5.43 Å². The molecular formula is C12H16O. The van der Waals surface area contributed by atoms with Crippen LogP contribution in [0.5, 0.6) is 0 Å². The van der Waals surface area contributed by atoms with Crippen LogP contribution in [-0.4, -0.2) is 0 Å². The Labute approximate surface area is 79.4 Å². The highest BCUT2D eigenvalue weighted by atomic mass is 16.1. The van der Waals surface area contributed by atoms with E-state index in [4.69, 9.17) is 0 Å². The summed E-state index contributed by atoms with van der Waals surface area (Å²) < 4.78 is 0. The molecule has 0 unspecified atom stereocenters. The van der Waals surface area contributed by atoms with Gasteiger partial charge in [0.05, 0.1) is 0 Å². The van der Waals surface area contributed by atoms with Gasteiger partial charge in [0, 0.05) is 0 Å². The van der Waals surface area contributed by atoms with Crippen LogP contribution in [0.15, 0.2) is 29.1 Å². The molecular weight excluding hydrogens is 160 g/mol. The van der Waals surface area contributed by atoms with Crippen molar-refractivity contribution in [2.45, 2.75) is 33.1 Å². The van der Waals surface area contributed by atoms with Crippen LogP contribution in [0, 0.1) is 6.92 Å². The summed E-state index contributed by atoms with van der Waals surface area (Å²) in [7, 11) is 0. The third-order valence-electron chi connectivity index (χ3n) is 2.20. The normalized spacial score (nSPS) is 10.0. The average Bonchev–Trinajstić information content (AvgIpc) is 2.29. The summed E-state index contributed by atoms with van der Waals surface area (Å²) in [6, 6.07) is 7.56. The second kappa shape index (κ2) is 4.80. The molecule has 1 rings (SSSR count). The summed E-state index contributed by atoms with van der Waals surface area (Å²) in [4.78, 5) is 11.2. The summed E-state index contributed by atoms with van der Waals surface area (Å²) >= 11 is 0. The molecule has 0 bridgehead atoms. The van der Waals surface area contributed by atoms with E-state index in [1.54, 1.807) is 6.07 Å². The maximum Gasteiger partial charge on any atom is 0.181 e. The fourth-order valence-electron chi connectivity index (χ4n) is 1.23. The molecule has 0 amide bonds. The predicted octanol–water partition coefficient (Wildman–Crippen LogP) is 2.70. The van der Waals surface area contributed by atoms with Crippen LogP contribution in [0.4, 0.5) is 0 Å². The van der Waals surface area contributed by atoms with E-state index in [9.17, 15) is 4.79 Å². The van der Waals surface area contributed by atoms with Gasteiger partial charge in [-0.2, -0.15) is 0 Å². The molecule has 0 fully saturated rings. The molecule has 0 spiro atoms. The van der Waals surface area contributed by atoms with E-state index in [0.717, 1.165) is 12.0 Å². The van der Waals surface area contributed by atoms with Gasteiger partial charge in [-0.05, 0) is 37.0 Å². The highest BCUT2D eigenvalue weighted by molar-refractivity contribution is 5.19. The van der Waals surface area contributed by atoms with Crippen molar-refractivity contribution in [3.63, 3.8) is 0 Å². The minimum Gasteiger partial charge on any atom is -0.290 e. The first-order valence-corrected chi connectivity index (χ1v) is 4.84. The van der Waals surface area contributed by atoms with Gasteiger partial charge < -0.3 is 0 Å². The molecule has 1 heteroatoms. The Morgan fingerprint density at radius 2 is 1.85 bits per heavy atom. The molecule has 0 aliphatic rings. The zero-order valence-corrected chi connectivity index (χ0v) is 8.34. The lowest BCUT2D eigenvalue weighted by Crippen LogP contribution is -1.96. The number of hydrogen-bond donors (Lipinski definition) is 0. The molecule has 0 saturated heterocycles. The van der Waals surface area contributed by atoms with Gasteiger partial charge >= 0.3 is 0 Å². The van der Waals surface area contributed by atoms with Gasteiger partial charge in [-0.3, -0.25) is 4.79 Å². The third-order valence-corrected chi connectivity index (χ3v) is 2.20. The van der Waals surface area contributed by atoms with Crippen molar-refractivity contribution in [2.24, 2.45) is 0 Å². The largest absolute Gasteiger partial charge is 0.290 e. The van der Waals surface area contributed by atoms with Crippen molar-refractivity contribution in [1.29, 1.82) is 0 Å². The Hall–Kier alpha value is -1.11. The molecule has 0 aromatic heterocycles. The second-order valence-electron chi connectivity index (χ2n) is 3.39. The third kappa shape index (κ3) is 3.02. The zero-order valence-electron chi connectivity index (χ0n) is 8.34. The van der Waals surface area contributed by atoms with Gasteiger partial charge in [-0.1, -0.05) is 31.5 Å². The maximum absolute atomic E-state index is 11.2. The van der Waals surface area contributed by atoms with Crippen LogP contribution in [-0.2, 0) is 6.42 Å². The van der Waals surface area contributed by atoms with Gasteiger partial charge in [-0.25, -0.2) is 0 Å². The van der Waals surface area contributed by atoms with Crippen molar-refractivity contribution in [3.8, 4) is 0 Å². The number of aryl methyl sites for hydroxylation is 2. The minimum atomic E-state index is 0.128. The van der Waals surface area contributed by atoms with Crippen molar-refractivity contribution >= 4 is 0 Å². The summed E-state index contributed by atoms with van der Waals surface area (Å²) in [6.45, 7) is 4.03. The van der Waals surface area contributed by atoms with Crippen molar-refractivity contribution in [2.75, 3.05) is 0 Å². The molecule has 0 aliphatic carbocycles. The van der Waals surface area contributed by atoms with E-state index in [-0.39, 0.29) is 5.43 Å². The van der Waals surface area contributed by atoms with E-state index in [1.165, 1.54) is 18.4 Å². The first-order chi connectivity index (χ1) is 6.24. The van der Waals surface area contributed by atoms with Crippen LogP contribution in [0.1, 0.15) is 30.9 Å². The molecule has 0 radical (unpaired) electrons. The Balaban J connectivity index is 2.89. The summed E-state index contributed by atoms with van der Waals surface area (Å²) in [5.41, 5.74) is 2.21. The highest BCUT2D eigenvalue weighted by Crippen LogP contribution is 2.02. The fraction of sp³-hybridized carbons (Fsp3) is 0.417. The Kier molecular flexibility index (Phi) is 3.69. The van der Waals surface area contributed by atoms with Crippen LogP contribution in [0.3, 0.4) is 0 Å². The summed E-state index contributed by atoms with van der Waals surface area (Å²) in [6.07, 6.45) is 3.46. The fourth-order valence-corrected chi connectivity index (χ4v) is 1.23. The van der Waals surface area contributed by atoms with Gasteiger partial charge in [-0.15, -0.1) is 0 Å². The smallest absolute Gasteiger partial charge is 0.181 e. The van der Waals surface area contributed by atoms with Crippen LogP contribution in [0.2, 0.25) is 0 Å². The van der Waals surface area contributed by atoms with Crippen LogP contribution >= 0.6 is 0 Å². The van der Waals surface area contributed by atoms with Gasteiger partial charge in [0.1, 0.15) is 0 Å². The van der Waals surface area contributed by atoms with E-state index in [2.05, 4.69) is 6.92 Å². The molecule has 1 aromatic carbocycles. The lowest BCUT2D eigenvalue weighted by molar-refractivity contribution is 0.796. The van der Waals surface area contributed by atoms with E-state index in [0.29, 0.717) is 0 Å². The van der Waals surface area contributed by atoms with Crippen molar-refractivity contribution < 1.29 is 0 Å². The van der Waals surface area contributed by atoms with Crippen molar-refractivity contribution in [1.82, 2.24) is 0 Å². The van der Waals surface area contributed by atoms with Crippen molar-refractivity contribution in [3.05, 3.63) is 45.6 Å². The van der Waals surface area contributed by atoms with E-state index in [1.807, 2.05) is 25.1 Å². The van der Waals surface area contributed by atoms with Gasteiger partial charge in [0.25, 0.3) is 0 Å². The lowest BCUT2D eigenvalue weighted by atomic mass is 10.1. The quantitative estimate of drug-likeness (QED) is 0.692. The molecule has 70 valence electrons.